The standard InChI is InChI=1S/C26H26N2O3/c1-26(14-15-28(26)17-21-11-7-13-23-24(21)31-18-30-23)25(29)27-22-12-6-5-10-20(22)16-19-8-3-2-4-9-19/h2-13H,14-18H2,1H3,(H,27,29). The van der Waals surface area contributed by atoms with Crippen LogP contribution >= 0.6 is 0 Å². The lowest BCUT2D eigenvalue weighted by Crippen LogP contribution is -2.63. The molecule has 2 heterocycles. The molecule has 5 heteroatoms. The summed E-state index contributed by atoms with van der Waals surface area (Å²) in [6.45, 7) is 3.80. The van der Waals surface area contributed by atoms with Crippen LogP contribution in [-0.4, -0.2) is 29.7 Å². The van der Waals surface area contributed by atoms with Crippen LogP contribution in [0.4, 0.5) is 5.69 Å². The van der Waals surface area contributed by atoms with Crippen molar-refractivity contribution in [1.29, 1.82) is 0 Å². The Kier molecular flexibility index (Phi) is 5.12. The largest absolute Gasteiger partial charge is 0.454 e. The number of benzene rings is 3. The number of amides is 1. The highest BCUT2D eigenvalue weighted by molar-refractivity contribution is 5.99. The first-order valence-corrected chi connectivity index (χ1v) is 10.7. The molecule has 158 valence electrons. The molecular formula is C26H26N2O3. The lowest BCUT2D eigenvalue weighted by atomic mass is 9.84. The van der Waals surface area contributed by atoms with Crippen LogP contribution in [0.5, 0.6) is 11.5 Å². The van der Waals surface area contributed by atoms with Crippen molar-refractivity contribution in [2.45, 2.75) is 31.8 Å². The van der Waals surface area contributed by atoms with Crippen LogP contribution in [0.25, 0.3) is 0 Å². The molecule has 1 fully saturated rings. The molecule has 0 spiro atoms. The van der Waals surface area contributed by atoms with Gasteiger partial charge in [0.05, 0.1) is 5.54 Å². The quantitative estimate of drug-likeness (QED) is 0.640. The van der Waals surface area contributed by atoms with E-state index < -0.39 is 5.54 Å². The highest BCUT2D eigenvalue weighted by Crippen LogP contribution is 2.39. The fourth-order valence-corrected chi connectivity index (χ4v) is 4.31. The van der Waals surface area contributed by atoms with Crippen molar-refractivity contribution in [3.63, 3.8) is 0 Å². The van der Waals surface area contributed by atoms with E-state index in [9.17, 15) is 4.79 Å². The molecule has 3 aromatic carbocycles. The van der Waals surface area contributed by atoms with Gasteiger partial charge in [0.1, 0.15) is 0 Å². The van der Waals surface area contributed by atoms with Gasteiger partial charge in [-0.3, -0.25) is 9.69 Å². The lowest BCUT2D eigenvalue weighted by Gasteiger charge is -2.49. The second-order valence-corrected chi connectivity index (χ2v) is 8.37. The lowest BCUT2D eigenvalue weighted by molar-refractivity contribution is -0.136. The third-order valence-electron chi connectivity index (χ3n) is 6.40. The molecule has 1 saturated heterocycles. The molecule has 0 aliphatic carbocycles. The number of likely N-dealkylation sites (tertiary alicyclic amines) is 1. The van der Waals surface area contributed by atoms with Gasteiger partial charge in [-0.05, 0) is 43.0 Å². The van der Waals surface area contributed by atoms with Crippen LogP contribution in [0.2, 0.25) is 0 Å². The Hall–Kier alpha value is -3.31. The van der Waals surface area contributed by atoms with E-state index in [1.54, 1.807) is 0 Å². The first-order chi connectivity index (χ1) is 15.1. The molecule has 1 atom stereocenters. The highest BCUT2D eigenvalue weighted by atomic mass is 16.7. The van der Waals surface area contributed by atoms with Crippen molar-refractivity contribution in [3.05, 3.63) is 89.5 Å². The van der Waals surface area contributed by atoms with Crippen molar-refractivity contribution in [2.75, 3.05) is 18.7 Å². The normalized spacial score (nSPS) is 19.6. The number of rotatable bonds is 6. The van der Waals surface area contributed by atoms with Gasteiger partial charge in [0, 0.05) is 24.3 Å². The van der Waals surface area contributed by atoms with Crippen LogP contribution in [0.1, 0.15) is 30.0 Å². The number of nitrogens with one attached hydrogen (secondary N) is 1. The third-order valence-corrected chi connectivity index (χ3v) is 6.40. The summed E-state index contributed by atoms with van der Waals surface area (Å²) in [7, 11) is 0. The SMILES string of the molecule is CC1(C(=O)Nc2ccccc2Cc2ccccc2)CCN1Cc1cccc2c1OCO2. The van der Waals surface area contributed by atoms with E-state index in [4.69, 9.17) is 9.47 Å². The minimum absolute atomic E-state index is 0.0315. The van der Waals surface area contributed by atoms with E-state index in [1.165, 1.54) is 5.56 Å². The van der Waals surface area contributed by atoms with Crippen molar-refractivity contribution in [1.82, 2.24) is 4.90 Å². The smallest absolute Gasteiger partial charge is 0.244 e. The number of para-hydroxylation sites is 2. The summed E-state index contributed by atoms with van der Waals surface area (Å²) in [5, 5.41) is 3.20. The van der Waals surface area contributed by atoms with E-state index in [1.807, 2.05) is 61.5 Å². The first-order valence-electron chi connectivity index (χ1n) is 10.7. The number of ether oxygens (including phenoxy) is 2. The number of fused-ring (bicyclic) bond motifs is 1. The van der Waals surface area contributed by atoms with Gasteiger partial charge in [-0.2, -0.15) is 0 Å². The van der Waals surface area contributed by atoms with Crippen LogP contribution in [-0.2, 0) is 17.8 Å². The molecule has 1 amide bonds. The maximum atomic E-state index is 13.3. The zero-order chi connectivity index (χ0) is 21.3. The average molecular weight is 415 g/mol. The fourth-order valence-electron chi connectivity index (χ4n) is 4.31. The first kappa shape index (κ1) is 19.6. The van der Waals surface area contributed by atoms with Gasteiger partial charge in [0.2, 0.25) is 12.7 Å². The van der Waals surface area contributed by atoms with Crippen LogP contribution in [0.3, 0.4) is 0 Å². The number of nitrogens with zero attached hydrogens (tertiary/aromatic N) is 1. The fraction of sp³-hybridized carbons (Fsp3) is 0.269. The van der Waals surface area contributed by atoms with Crippen LogP contribution < -0.4 is 14.8 Å². The van der Waals surface area contributed by atoms with Crippen LogP contribution in [0, 0.1) is 0 Å². The van der Waals surface area contributed by atoms with Gasteiger partial charge >= 0.3 is 0 Å². The predicted octanol–water partition coefficient (Wildman–Crippen LogP) is 4.61. The Bertz CT molecular complexity index is 1100. The topological polar surface area (TPSA) is 50.8 Å². The predicted molar refractivity (Wildman–Crippen MR) is 120 cm³/mol. The van der Waals surface area contributed by atoms with Gasteiger partial charge in [-0.1, -0.05) is 60.7 Å². The van der Waals surface area contributed by atoms with E-state index in [2.05, 4.69) is 28.4 Å². The Morgan fingerprint density at radius 1 is 0.968 bits per heavy atom. The molecule has 0 radical (unpaired) electrons. The Balaban J connectivity index is 1.31. The van der Waals surface area contributed by atoms with E-state index in [-0.39, 0.29) is 12.7 Å². The summed E-state index contributed by atoms with van der Waals surface area (Å²) < 4.78 is 11.1. The van der Waals surface area contributed by atoms with Gasteiger partial charge < -0.3 is 14.8 Å². The summed E-state index contributed by atoms with van der Waals surface area (Å²) in [4.78, 5) is 15.6. The number of anilines is 1. The molecule has 3 aromatic rings. The molecule has 0 aromatic heterocycles. The van der Waals surface area contributed by atoms with Crippen LogP contribution in [0.15, 0.2) is 72.8 Å². The van der Waals surface area contributed by atoms with E-state index in [0.717, 1.165) is 47.7 Å². The molecule has 5 rings (SSSR count). The molecular weight excluding hydrogens is 388 g/mol. The maximum Gasteiger partial charge on any atom is 0.244 e. The monoisotopic (exact) mass is 414 g/mol. The summed E-state index contributed by atoms with van der Waals surface area (Å²) in [5.41, 5.74) is 3.71. The Labute approximate surface area is 182 Å². The summed E-state index contributed by atoms with van der Waals surface area (Å²) in [6, 6.07) is 24.3. The number of carbonyl (C=O) groups excluding carboxylic acids is 1. The van der Waals surface area contributed by atoms with Crippen molar-refractivity contribution in [3.8, 4) is 11.5 Å². The number of hydrogen-bond donors (Lipinski definition) is 1. The summed E-state index contributed by atoms with van der Waals surface area (Å²) in [6.07, 6.45) is 1.61. The van der Waals surface area contributed by atoms with E-state index >= 15 is 0 Å². The molecule has 2 aliphatic rings. The minimum atomic E-state index is -0.554. The second kappa shape index (κ2) is 8.08. The maximum absolute atomic E-state index is 13.3. The van der Waals surface area contributed by atoms with Gasteiger partial charge in [0.15, 0.2) is 11.5 Å². The molecule has 31 heavy (non-hydrogen) atoms. The van der Waals surface area contributed by atoms with Gasteiger partial charge in [0.25, 0.3) is 0 Å². The van der Waals surface area contributed by atoms with Crippen molar-refractivity contribution < 1.29 is 14.3 Å². The molecule has 1 N–H and O–H groups in total. The molecule has 5 nitrogen and oxygen atoms in total. The summed E-state index contributed by atoms with van der Waals surface area (Å²) in [5.74, 6) is 1.60. The summed E-state index contributed by atoms with van der Waals surface area (Å²) >= 11 is 0. The molecule has 1 unspecified atom stereocenters. The van der Waals surface area contributed by atoms with Gasteiger partial charge in [-0.15, -0.1) is 0 Å². The number of carbonyl (C=O) groups is 1. The Morgan fingerprint density at radius 2 is 1.74 bits per heavy atom. The Morgan fingerprint density at radius 3 is 2.55 bits per heavy atom. The molecule has 2 aliphatic heterocycles. The zero-order valence-electron chi connectivity index (χ0n) is 17.6. The van der Waals surface area contributed by atoms with E-state index in [0.29, 0.717) is 6.54 Å². The van der Waals surface area contributed by atoms with Crippen molar-refractivity contribution in [2.24, 2.45) is 0 Å². The second-order valence-electron chi connectivity index (χ2n) is 8.37. The third kappa shape index (κ3) is 3.77. The molecule has 0 bridgehead atoms. The number of hydrogen-bond acceptors (Lipinski definition) is 4. The zero-order valence-corrected chi connectivity index (χ0v) is 17.6. The van der Waals surface area contributed by atoms with Crippen molar-refractivity contribution >= 4 is 11.6 Å². The minimum Gasteiger partial charge on any atom is -0.454 e. The molecule has 0 saturated carbocycles. The average Bonchev–Trinajstić information content (AvgIpc) is 3.28. The van der Waals surface area contributed by atoms with Gasteiger partial charge in [-0.25, -0.2) is 0 Å². The highest BCUT2D eigenvalue weighted by Gasteiger charge is 2.47.